The van der Waals surface area contributed by atoms with E-state index in [1.807, 2.05) is 19.0 Å². The Morgan fingerprint density at radius 1 is 1.37 bits per heavy atom. The van der Waals surface area contributed by atoms with Crippen LogP contribution in [0, 0.1) is 13.8 Å². The van der Waals surface area contributed by atoms with Crippen molar-refractivity contribution in [2.24, 2.45) is 0 Å². The van der Waals surface area contributed by atoms with E-state index in [0.29, 0.717) is 30.0 Å². The van der Waals surface area contributed by atoms with Crippen LogP contribution in [0.15, 0.2) is 10.9 Å². The monoisotopic (exact) mass is 266 g/mol. The molecule has 0 atom stereocenters. The van der Waals surface area contributed by atoms with Crippen molar-refractivity contribution in [2.45, 2.75) is 27.3 Å². The van der Waals surface area contributed by atoms with E-state index in [1.54, 1.807) is 25.3 Å². The molecule has 5 nitrogen and oxygen atoms in total. The predicted molar refractivity (Wildman–Crippen MR) is 74.7 cm³/mol. The van der Waals surface area contributed by atoms with Crippen LogP contribution in [0.5, 0.6) is 0 Å². The molecule has 1 aromatic rings. The number of esters is 1. The minimum atomic E-state index is -0.365. The highest BCUT2D eigenvalue weighted by Crippen LogP contribution is 2.13. The van der Waals surface area contributed by atoms with Gasteiger partial charge in [-0.2, -0.15) is 0 Å². The third-order valence-corrected chi connectivity index (χ3v) is 3.02. The lowest BCUT2D eigenvalue weighted by atomic mass is 10.1. The second-order valence-electron chi connectivity index (χ2n) is 4.80. The van der Waals surface area contributed by atoms with Gasteiger partial charge >= 0.3 is 5.97 Å². The summed E-state index contributed by atoms with van der Waals surface area (Å²) in [6.07, 6.45) is 0. The molecule has 1 aromatic heterocycles. The molecule has 106 valence electrons. The quantitative estimate of drug-likeness (QED) is 0.752. The summed E-state index contributed by atoms with van der Waals surface area (Å²) in [5, 5.41) is 0. The summed E-state index contributed by atoms with van der Waals surface area (Å²) in [4.78, 5) is 25.9. The highest BCUT2D eigenvalue weighted by molar-refractivity contribution is 5.92. The van der Waals surface area contributed by atoms with Crippen molar-refractivity contribution in [1.82, 2.24) is 9.47 Å². The number of aromatic nitrogens is 1. The smallest absolute Gasteiger partial charge is 0.340 e. The van der Waals surface area contributed by atoms with Crippen molar-refractivity contribution in [3.05, 3.63) is 33.2 Å². The average molecular weight is 266 g/mol. The lowest BCUT2D eigenvalue weighted by Crippen LogP contribution is -2.30. The van der Waals surface area contributed by atoms with Gasteiger partial charge in [-0.1, -0.05) is 0 Å². The van der Waals surface area contributed by atoms with E-state index in [0.717, 1.165) is 6.54 Å². The van der Waals surface area contributed by atoms with Gasteiger partial charge < -0.3 is 14.2 Å². The lowest BCUT2D eigenvalue weighted by molar-refractivity contribution is 0.0523. The van der Waals surface area contributed by atoms with Crippen LogP contribution in [0.1, 0.15) is 28.5 Å². The number of likely N-dealkylation sites (N-methyl/N-ethyl adjacent to an activating group) is 1. The molecule has 0 N–H and O–H groups in total. The number of aryl methyl sites for hydroxylation is 1. The second kappa shape index (κ2) is 6.52. The number of pyridine rings is 1. The van der Waals surface area contributed by atoms with Crippen LogP contribution < -0.4 is 5.56 Å². The molecule has 0 fully saturated rings. The Kier molecular flexibility index (Phi) is 5.30. The number of carbonyl (C=O) groups excluding carboxylic acids is 1. The zero-order valence-electron chi connectivity index (χ0n) is 12.3. The summed E-state index contributed by atoms with van der Waals surface area (Å²) in [6.45, 7) is 6.95. The summed E-state index contributed by atoms with van der Waals surface area (Å²) in [7, 11) is 3.89. The van der Waals surface area contributed by atoms with Gasteiger partial charge in [-0.05, 0) is 40.4 Å². The van der Waals surface area contributed by atoms with Crippen molar-refractivity contribution >= 4 is 5.97 Å². The fourth-order valence-electron chi connectivity index (χ4n) is 2.01. The summed E-state index contributed by atoms with van der Waals surface area (Å²) in [5.74, 6) is -0.365. The van der Waals surface area contributed by atoms with Crippen LogP contribution in [-0.2, 0) is 11.3 Å². The van der Waals surface area contributed by atoms with Gasteiger partial charge in [0, 0.05) is 24.8 Å². The predicted octanol–water partition coefficient (Wildman–Crippen LogP) is 1.20. The van der Waals surface area contributed by atoms with Crippen LogP contribution in [0.25, 0.3) is 0 Å². The summed E-state index contributed by atoms with van der Waals surface area (Å²) >= 11 is 0. The number of hydrogen-bond acceptors (Lipinski definition) is 4. The van der Waals surface area contributed by atoms with Crippen LogP contribution in [0.4, 0.5) is 0 Å². The van der Waals surface area contributed by atoms with E-state index in [2.05, 4.69) is 0 Å². The van der Waals surface area contributed by atoms with Crippen molar-refractivity contribution in [2.75, 3.05) is 27.2 Å². The highest BCUT2D eigenvalue weighted by Gasteiger charge is 2.17. The fraction of sp³-hybridized carbons (Fsp3) is 0.571. The Hall–Kier alpha value is -1.62. The zero-order valence-corrected chi connectivity index (χ0v) is 12.3. The molecule has 0 aliphatic rings. The van der Waals surface area contributed by atoms with E-state index < -0.39 is 0 Å². The van der Waals surface area contributed by atoms with E-state index in [1.165, 1.54) is 6.07 Å². The standard InChI is InChI=1S/C14H22N2O3/c1-6-19-14(18)13-10(2)9-12(17)16(11(13)3)8-7-15(4)5/h9H,6-8H2,1-5H3. The number of nitrogens with zero attached hydrogens (tertiary/aromatic N) is 2. The first-order valence-corrected chi connectivity index (χ1v) is 6.41. The van der Waals surface area contributed by atoms with Gasteiger partial charge in [0.15, 0.2) is 0 Å². The largest absolute Gasteiger partial charge is 0.462 e. The van der Waals surface area contributed by atoms with E-state index >= 15 is 0 Å². The van der Waals surface area contributed by atoms with E-state index in [9.17, 15) is 9.59 Å². The molecule has 5 heteroatoms. The Balaban J connectivity index is 3.22. The molecule has 0 radical (unpaired) electrons. The van der Waals surface area contributed by atoms with Gasteiger partial charge in [-0.15, -0.1) is 0 Å². The number of hydrogen-bond donors (Lipinski definition) is 0. The number of carbonyl (C=O) groups is 1. The minimum absolute atomic E-state index is 0.0788. The first-order chi connectivity index (χ1) is 8.88. The normalized spacial score (nSPS) is 10.8. The molecule has 0 aromatic carbocycles. The van der Waals surface area contributed by atoms with Crippen molar-refractivity contribution in [3.63, 3.8) is 0 Å². The third-order valence-electron chi connectivity index (χ3n) is 3.02. The van der Waals surface area contributed by atoms with Crippen LogP contribution in [0.2, 0.25) is 0 Å². The first-order valence-electron chi connectivity index (χ1n) is 6.41. The summed E-state index contributed by atoms with van der Waals surface area (Å²) in [5.41, 5.74) is 1.76. The van der Waals surface area contributed by atoms with Gasteiger partial charge in [0.05, 0.1) is 12.2 Å². The second-order valence-corrected chi connectivity index (χ2v) is 4.80. The molecule has 0 saturated heterocycles. The molecule has 0 aliphatic carbocycles. The van der Waals surface area contributed by atoms with Crippen LogP contribution in [-0.4, -0.2) is 42.7 Å². The van der Waals surface area contributed by atoms with E-state index in [-0.39, 0.29) is 11.5 Å². The molecule has 0 spiro atoms. The van der Waals surface area contributed by atoms with Gasteiger partial charge in [0.1, 0.15) is 0 Å². The summed E-state index contributed by atoms with van der Waals surface area (Å²) in [6, 6.07) is 1.49. The van der Waals surface area contributed by atoms with Crippen LogP contribution in [0.3, 0.4) is 0 Å². The van der Waals surface area contributed by atoms with E-state index in [4.69, 9.17) is 4.74 Å². The molecular formula is C14H22N2O3. The third kappa shape index (κ3) is 3.67. The maximum atomic E-state index is 12.0. The molecule has 0 amide bonds. The van der Waals surface area contributed by atoms with Crippen molar-refractivity contribution < 1.29 is 9.53 Å². The molecule has 0 aliphatic heterocycles. The first kappa shape index (κ1) is 15.4. The molecule has 1 rings (SSSR count). The molecule has 0 saturated carbocycles. The topological polar surface area (TPSA) is 51.5 Å². The van der Waals surface area contributed by atoms with Gasteiger partial charge in [0.2, 0.25) is 0 Å². The maximum absolute atomic E-state index is 12.0. The summed E-state index contributed by atoms with van der Waals surface area (Å²) < 4.78 is 6.67. The molecule has 19 heavy (non-hydrogen) atoms. The Morgan fingerprint density at radius 2 is 2.00 bits per heavy atom. The SMILES string of the molecule is CCOC(=O)c1c(C)cc(=O)n(CCN(C)C)c1C. The number of rotatable bonds is 5. The lowest BCUT2D eigenvalue weighted by Gasteiger charge is -2.17. The maximum Gasteiger partial charge on any atom is 0.340 e. The Bertz CT molecular complexity index is 518. The highest BCUT2D eigenvalue weighted by atomic mass is 16.5. The van der Waals surface area contributed by atoms with Gasteiger partial charge in [-0.25, -0.2) is 4.79 Å². The number of ether oxygens (including phenoxy) is 1. The molecule has 0 unspecified atom stereocenters. The fourth-order valence-corrected chi connectivity index (χ4v) is 2.01. The molecule has 1 heterocycles. The zero-order chi connectivity index (χ0) is 14.6. The van der Waals surface area contributed by atoms with Gasteiger partial charge in [-0.3, -0.25) is 4.79 Å². The van der Waals surface area contributed by atoms with Crippen molar-refractivity contribution in [1.29, 1.82) is 0 Å². The van der Waals surface area contributed by atoms with Gasteiger partial charge in [0.25, 0.3) is 5.56 Å². The Morgan fingerprint density at radius 3 is 2.53 bits per heavy atom. The van der Waals surface area contributed by atoms with Crippen LogP contribution >= 0.6 is 0 Å². The Labute approximate surface area is 113 Å². The van der Waals surface area contributed by atoms with Crippen molar-refractivity contribution in [3.8, 4) is 0 Å². The molecular weight excluding hydrogens is 244 g/mol. The average Bonchev–Trinajstić information content (AvgIpc) is 2.27. The molecule has 0 bridgehead atoms. The minimum Gasteiger partial charge on any atom is -0.462 e.